The van der Waals surface area contributed by atoms with E-state index in [1.54, 1.807) is 31.2 Å². The molecule has 2 heterocycles. The zero-order valence-corrected chi connectivity index (χ0v) is 18.4. The SMILES string of the molecule is C=C(C)C1CN(c2ccccc2Cl)C(=O)c2cc(F)c(-n3nc(CO)n(CC)c3=O)cc21. The van der Waals surface area contributed by atoms with Gasteiger partial charge in [0, 0.05) is 24.6 Å². The monoisotopic (exact) mass is 456 g/mol. The summed E-state index contributed by atoms with van der Waals surface area (Å²) in [6.45, 7) is 7.72. The number of aliphatic hydroxyl groups is 1. The van der Waals surface area contributed by atoms with Crippen molar-refractivity contribution in [2.75, 3.05) is 11.4 Å². The normalized spacial score (nSPS) is 15.7. The molecule has 1 N–H and O–H groups in total. The van der Waals surface area contributed by atoms with Crippen LogP contribution < -0.4 is 10.6 Å². The molecule has 2 aromatic carbocycles. The number of fused-ring (bicyclic) bond motifs is 1. The van der Waals surface area contributed by atoms with Gasteiger partial charge in [-0.05, 0) is 43.7 Å². The fourth-order valence-corrected chi connectivity index (χ4v) is 4.29. The Balaban J connectivity index is 1.90. The van der Waals surface area contributed by atoms with Gasteiger partial charge in [-0.2, -0.15) is 4.68 Å². The van der Waals surface area contributed by atoms with Gasteiger partial charge < -0.3 is 10.0 Å². The van der Waals surface area contributed by atoms with Gasteiger partial charge in [0.2, 0.25) is 0 Å². The minimum atomic E-state index is -0.772. The number of aromatic nitrogens is 3. The Bertz CT molecular complexity index is 1300. The molecule has 1 unspecified atom stereocenters. The first-order valence-corrected chi connectivity index (χ1v) is 10.5. The number of carbonyl (C=O) groups excluding carboxylic acids is 1. The van der Waals surface area contributed by atoms with Crippen LogP contribution in [0, 0.1) is 5.82 Å². The van der Waals surface area contributed by atoms with Crippen LogP contribution in [0.5, 0.6) is 0 Å². The Morgan fingerprint density at radius 1 is 1.28 bits per heavy atom. The summed E-state index contributed by atoms with van der Waals surface area (Å²) in [4.78, 5) is 27.6. The summed E-state index contributed by atoms with van der Waals surface area (Å²) < 4.78 is 17.4. The van der Waals surface area contributed by atoms with Crippen molar-refractivity contribution >= 4 is 23.2 Å². The summed E-state index contributed by atoms with van der Waals surface area (Å²) in [7, 11) is 0. The summed E-state index contributed by atoms with van der Waals surface area (Å²) in [5.41, 5.74) is 1.39. The van der Waals surface area contributed by atoms with Crippen LogP contribution in [0.2, 0.25) is 5.02 Å². The van der Waals surface area contributed by atoms with E-state index >= 15 is 4.39 Å². The standard InChI is InChI=1S/C23H22ClFN4O3/c1-4-27-21(12-30)26-29(23(27)32)20-10-14-15(9-18(20)25)22(31)28(11-16(14)13(2)3)19-8-6-5-7-17(19)24/h5-10,16,30H,2,4,11-12H2,1,3H3. The number of amides is 1. The molecule has 0 bridgehead atoms. The highest BCUT2D eigenvalue weighted by atomic mass is 35.5. The van der Waals surface area contributed by atoms with Crippen LogP contribution in [0.15, 0.2) is 53.3 Å². The average molecular weight is 457 g/mol. The molecule has 1 aromatic heterocycles. The topological polar surface area (TPSA) is 80.4 Å². The van der Waals surface area contributed by atoms with E-state index in [0.29, 0.717) is 16.3 Å². The molecule has 0 saturated heterocycles. The van der Waals surface area contributed by atoms with Crippen molar-refractivity contribution in [3.8, 4) is 5.69 Å². The maximum atomic E-state index is 15.2. The predicted octanol–water partition coefficient (Wildman–Crippen LogP) is 3.66. The molecule has 0 saturated carbocycles. The van der Waals surface area contributed by atoms with Crippen LogP contribution in [0.1, 0.15) is 41.5 Å². The predicted molar refractivity (Wildman–Crippen MR) is 120 cm³/mol. The molecular formula is C23H22ClFN4O3. The molecule has 4 rings (SSSR count). The minimum absolute atomic E-state index is 0.0825. The Morgan fingerprint density at radius 3 is 2.59 bits per heavy atom. The van der Waals surface area contributed by atoms with Crippen molar-refractivity contribution in [2.24, 2.45) is 0 Å². The first-order chi connectivity index (χ1) is 15.3. The summed E-state index contributed by atoms with van der Waals surface area (Å²) >= 11 is 6.32. The lowest BCUT2D eigenvalue weighted by Crippen LogP contribution is -2.41. The highest BCUT2D eigenvalue weighted by Gasteiger charge is 2.35. The third kappa shape index (κ3) is 3.45. The van der Waals surface area contributed by atoms with Gasteiger partial charge >= 0.3 is 5.69 Å². The lowest BCUT2D eigenvalue weighted by molar-refractivity contribution is 0.0977. The van der Waals surface area contributed by atoms with Crippen molar-refractivity contribution in [3.05, 3.63) is 86.8 Å². The van der Waals surface area contributed by atoms with Crippen molar-refractivity contribution in [1.82, 2.24) is 14.3 Å². The van der Waals surface area contributed by atoms with E-state index in [1.165, 1.54) is 15.5 Å². The van der Waals surface area contributed by atoms with Gasteiger partial charge in [-0.25, -0.2) is 9.18 Å². The van der Waals surface area contributed by atoms with Crippen molar-refractivity contribution < 1.29 is 14.3 Å². The molecule has 0 aliphatic carbocycles. The molecule has 1 aliphatic rings. The Morgan fingerprint density at radius 2 is 2.00 bits per heavy atom. The van der Waals surface area contributed by atoms with E-state index in [2.05, 4.69) is 11.7 Å². The minimum Gasteiger partial charge on any atom is -0.388 e. The number of carbonyl (C=O) groups is 1. The van der Waals surface area contributed by atoms with Crippen LogP contribution in [-0.4, -0.2) is 31.9 Å². The van der Waals surface area contributed by atoms with Gasteiger partial charge in [-0.1, -0.05) is 35.9 Å². The van der Waals surface area contributed by atoms with Crippen LogP contribution in [0.4, 0.5) is 10.1 Å². The molecule has 1 amide bonds. The maximum absolute atomic E-state index is 15.2. The number of para-hydroxylation sites is 1. The second-order valence-electron chi connectivity index (χ2n) is 7.67. The van der Waals surface area contributed by atoms with E-state index in [-0.39, 0.29) is 36.1 Å². The van der Waals surface area contributed by atoms with Gasteiger partial charge in [-0.15, -0.1) is 5.10 Å². The van der Waals surface area contributed by atoms with E-state index in [9.17, 15) is 14.7 Å². The molecular weight excluding hydrogens is 435 g/mol. The Labute approximate surface area is 189 Å². The Kier molecular flexibility index (Phi) is 5.75. The van der Waals surface area contributed by atoms with Crippen LogP contribution in [0.25, 0.3) is 5.69 Å². The van der Waals surface area contributed by atoms with Crippen molar-refractivity contribution in [2.45, 2.75) is 32.9 Å². The number of rotatable bonds is 5. The van der Waals surface area contributed by atoms with Gasteiger partial charge in [-0.3, -0.25) is 9.36 Å². The highest BCUT2D eigenvalue weighted by molar-refractivity contribution is 6.34. The van der Waals surface area contributed by atoms with E-state index in [4.69, 9.17) is 11.6 Å². The van der Waals surface area contributed by atoms with Crippen LogP contribution in [-0.2, 0) is 13.2 Å². The molecule has 0 radical (unpaired) electrons. The Hall–Kier alpha value is -3.23. The smallest absolute Gasteiger partial charge is 0.350 e. The molecule has 0 fully saturated rings. The fraction of sp³-hybridized carbons (Fsp3) is 0.261. The summed E-state index contributed by atoms with van der Waals surface area (Å²) in [5.74, 6) is -1.34. The number of hydrogen-bond donors (Lipinski definition) is 1. The third-order valence-corrected chi connectivity index (χ3v) is 6.02. The molecule has 166 valence electrons. The molecule has 9 heteroatoms. The second-order valence-corrected chi connectivity index (χ2v) is 8.08. The fourth-order valence-electron chi connectivity index (χ4n) is 4.05. The van der Waals surface area contributed by atoms with Gasteiger partial charge in [0.1, 0.15) is 18.1 Å². The van der Waals surface area contributed by atoms with Gasteiger partial charge in [0.25, 0.3) is 5.91 Å². The van der Waals surface area contributed by atoms with Crippen molar-refractivity contribution in [1.29, 1.82) is 0 Å². The highest BCUT2D eigenvalue weighted by Crippen LogP contribution is 2.38. The largest absolute Gasteiger partial charge is 0.388 e. The quantitative estimate of drug-likeness (QED) is 0.594. The lowest BCUT2D eigenvalue weighted by Gasteiger charge is -2.35. The molecule has 1 aliphatic heterocycles. The number of hydrogen-bond acceptors (Lipinski definition) is 4. The molecule has 7 nitrogen and oxygen atoms in total. The number of benzene rings is 2. The number of halogens is 2. The number of aliphatic hydroxyl groups excluding tert-OH is 1. The van der Waals surface area contributed by atoms with E-state index in [0.717, 1.165) is 16.3 Å². The summed E-state index contributed by atoms with van der Waals surface area (Å²) in [6.07, 6.45) is 0. The zero-order valence-electron chi connectivity index (χ0n) is 17.7. The lowest BCUT2D eigenvalue weighted by atomic mass is 9.84. The number of anilines is 1. The average Bonchev–Trinajstić information content (AvgIpc) is 3.09. The molecule has 32 heavy (non-hydrogen) atoms. The summed E-state index contributed by atoms with van der Waals surface area (Å²) in [5, 5.41) is 14.0. The van der Waals surface area contributed by atoms with E-state index < -0.39 is 24.0 Å². The summed E-state index contributed by atoms with van der Waals surface area (Å²) in [6, 6.07) is 9.57. The third-order valence-electron chi connectivity index (χ3n) is 5.70. The van der Waals surface area contributed by atoms with Crippen LogP contribution in [0.3, 0.4) is 0 Å². The van der Waals surface area contributed by atoms with Crippen molar-refractivity contribution in [3.63, 3.8) is 0 Å². The maximum Gasteiger partial charge on any atom is 0.350 e. The van der Waals surface area contributed by atoms with Gasteiger partial charge in [0.15, 0.2) is 5.82 Å². The van der Waals surface area contributed by atoms with Gasteiger partial charge in [0.05, 0.1) is 10.7 Å². The zero-order chi connectivity index (χ0) is 23.2. The first kappa shape index (κ1) is 22.0. The molecule has 1 atom stereocenters. The number of nitrogens with zero attached hydrogens (tertiary/aromatic N) is 4. The van der Waals surface area contributed by atoms with Crippen LogP contribution >= 0.6 is 11.6 Å². The molecule has 0 spiro atoms. The van der Waals surface area contributed by atoms with E-state index in [1.807, 2.05) is 6.92 Å². The second kappa shape index (κ2) is 8.37. The first-order valence-electron chi connectivity index (χ1n) is 10.1. The molecule has 3 aromatic rings.